The van der Waals surface area contributed by atoms with Gasteiger partial charge in [-0.3, -0.25) is 0 Å². The van der Waals surface area contributed by atoms with Crippen LogP contribution in [0.25, 0.3) is 0 Å². The van der Waals surface area contributed by atoms with Crippen LogP contribution in [0.1, 0.15) is 55.3 Å². The highest BCUT2D eigenvalue weighted by atomic mass is 32.2. The second-order valence-electron chi connectivity index (χ2n) is 9.31. The lowest BCUT2D eigenvalue weighted by atomic mass is 9.96. The molecule has 0 unspecified atom stereocenters. The summed E-state index contributed by atoms with van der Waals surface area (Å²) in [6, 6.07) is 4.06. The van der Waals surface area contributed by atoms with E-state index >= 15 is 0 Å². The molecule has 186 valence electrons. The van der Waals surface area contributed by atoms with Crippen LogP contribution in [0.3, 0.4) is 0 Å². The van der Waals surface area contributed by atoms with E-state index in [1.165, 1.54) is 12.1 Å². The third kappa shape index (κ3) is 5.00. The summed E-state index contributed by atoms with van der Waals surface area (Å²) >= 11 is 0. The van der Waals surface area contributed by atoms with Gasteiger partial charge < -0.3 is 14.3 Å². The summed E-state index contributed by atoms with van der Waals surface area (Å²) in [5.41, 5.74) is 1.52. The van der Waals surface area contributed by atoms with Crippen LogP contribution >= 0.6 is 0 Å². The minimum absolute atomic E-state index is 0.0100. The van der Waals surface area contributed by atoms with Crippen LogP contribution in [0.15, 0.2) is 40.0 Å². The van der Waals surface area contributed by atoms with Crippen molar-refractivity contribution in [3.63, 3.8) is 0 Å². The van der Waals surface area contributed by atoms with Crippen LogP contribution < -0.4 is 9.80 Å². The van der Waals surface area contributed by atoms with E-state index < -0.39 is 15.7 Å². The first-order valence-corrected chi connectivity index (χ1v) is 13.8. The fourth-order valence-corrected chi connectivity index (χ4v) is 5.40. The molecule has 2 aliphatic rings. The SMILES string of the molecule is CCc1cnc(N2CCC(c3noc([C@H]4CCN(c5ccc(S(C)(=O)=O)cc5F)C4)n3)CC2)nc1. The molecular weight excluding hydrogens is 471 g/mol. The van der Waals surface area contributed by atoms with Crippen molar-refractivity contribution in [1.29, 1.82) is 0 Å². The zero-order chi connectivity index (χ0) is 24.6. The Hall–Kier alpha value is -3.08. The van der Waals surface area contributed by atoms with Crippen molar-refractivity contribution >= 4 is 21.5 Å². The molecule has 11 heteroatoms. The molecule has 3 aromatic rings. The number of halogens is 1. The smallest absolute Gasteiger partial charge is 0.231 e. The molecule has 9 nitrogen and oxygen atoms in total. The van der Waals surface area contributed by atoms with Crippen LogP contribution in [0.4, 0.5) is 16.0 Å². The van der Waals surface area contributed by atoms with Crippen molar-refractivity contribution < 1.29 is 17.3 Å². The number of hydrogen-bond acceptors (Lipinski definition) is 9. The Kier molecular flexibility index (Phi) is 6.43. The topological polar surface area (TPSA) is 105 Å². The monoisotopic (exact) mass is 500 g/mol. The van der Waals surface area contributed by atoms with E-state index in [0.717, 1.165) is 68.4 Å². The van der Waals surface area contributed by atoms with Crippen LogP contribution in [0, 0.1) is 5.82 Å². The van der Waals surface area contributed by atoms with E-state index in [4.69, 9.17) is 9.51 Å². The molecule has 0 N–H and O–H groups in total. The van der Waals surface area contributed by atoms with Gasteiger partial charge >= 0.3 is 0 Å². The first-order valence-electron chi connectivity index (χ1n) is 12.0. The minimum Gasteiger partial charge on any atom is -0.368 e. The predicted octanol–water partition coefficient (Wildman–Crippen LogP) is 3.34. The quantitative estimate of drug-likeness (QED) is 0.504. The van der Waals surface area contributed by atoms with Crippen molar-refractivity contribution in [1.82, 2.24) is 20.1 Å². The second kappa shape index (κ2) is 9.52. The molecule has 1 aromatic carbocycles. The van der Waals surface area contributed by atoms with Crippen molar-refractivity contribution in [2.24, 2.45) is 0 Å². The highest BCUT2D eigenvalue weighted by Crippen LogP contribution is 2.34. The van der Waals surface area contributed by atoms with Crippen molar-refractivity contribution in [3.05, 3.63) is 53.7 Å². The van der Waals surface area contributed by atoms with Gasteiger partial charge in [0.15, 0.2) is 15.7 Å². The lowest BCUT2D eigenvalue weighted by Gasteiger charge is -2.30. The fraction of sp³-hybridized carbons (Fsp3) is 0.500. The maximum absolute atomic E-state index is 14.6. The van der Waals surface area contributed by atoms with Crippen LogP contribution in [-0.2, 0) is 16.3 Å². The first kappa shape index (κ1) is 23.7. The number of benzene rings is 1. The Morgan fingerprint density at radius 2 is 1.74 bits per heavy atom. The first-order chi connectivity index (χ1) is 16.8. The number of sulfone groups is 1. The zero-order valence-corrected chi connectivity index (χ0v) is 20.7. The number of aryl methyl sites for hydroxylation is 1. The van der Waals surface area contributed by atoms with E-state index in [9.17, 15) is 12.8 Å². The summed E-state index contributed by atoms with van der Waals surface area (Å²) in [5, 5.41) is 4.26. The van der Waals surface area contributed by atoms with Crippen LogP contribution in [-0.4, -0.2) is 61.0 Å². The Bertz CT molecular complexity index is 1290. The molecule has 1 atom stereocenters. The van der Waals surface area contributed by atoms with Gasteiger partial charge in [0.25, 0.3) is 0 Å². The average molecular weight is 501 g/mol. The van der Waals surface area contributed by atoms with E-state index in [-0.39, 0.29) is 16.7 Å². The van der Waals surface area contributed by atoms with E-state index in [1.807, 2.05) is 17.3 Å². The third-order valence-electron chi connectivity index (χ3n) is 6.93. The lowest BCUT2D eigenvalue weighted by Crippen LogP contribution is -2.34. The maximum Gasteiger partial charge on any atom is 0.231 e. The molecule has 2 saturated heterocycles. The normalized spacial score (nSPS) is 19.5. The standard InChI is InChI=1S/C24H29FN6O3S/c1-3-16-13-26-24(27-14-16)30-9-6-17(7-10-30)22-28-23(34-29-22)18-8-11-31(15-18)21-5-4-19(12-20(21)25)35(2,32)33/h4-5,12-14,17-18H,3,6-11,15H2,1-2H3/t18-/m0/s1. The number of piperidine rings is 1. The molecule has 0 aliphatic carbocycles. The molecule has 2 fully saturated rings. The summed E-state index contributed by atoms with van der Waals surface area (Å²) in [7, 11) is -3.45. The van der Waals surface area contributed by atoms with E-state index in [1.54, 1.807) is 0 Å². The number of rotatable bonds is 6. The maximum atomic E-state index is 14.6. The van der Waals surface area contributed by atoms with Gasteiger partial charge in [0.2, 0.25) is 11.8 Å². The van der Waals surface area contributed by atoms with Gasteiger partial charge in [-0.1, -0.05) is 12.1 Å². The number of nitrogens with zero attached hydrogens (tertiary/aromatic N) is 6. The molecule has 4 heterocycles. The van der Waals surface area contributed by atoms with Gasteiger partial charge in [0.05, 0.1) is 16.5 Å². The summed E-state index contributed by atoms with van der Waals surface area (Å²) < 4.78 is 43.6. The largest absolute Gasteiger partial charge is 0.368 e. The molecular formula is C24H29FN6O3S. The van der Waals surface area contributed by atoms with Crippen molar-refractivity contribution in [3.8, 4) is 0 Å². The predicted molar refractivity (Wildman–Crippen MR) is 129 cm³/mol. The molecule has 0 amide bonds. The van der Waals surface area contributed by atoms with Crippen LogP contribution in [0.5, 0.6) is 0 Å². The second-order valence-corrected chi connectivity index (χ2v) is 11.3. The fourth-order valence-electron chi connectivity index (χ4n) is 4.77. The molecule has 5 rings (SSSR count). The Balaban J connectivity index is 1.20. The zero-order valence-electron chi connectivity index (χ0n) is 19.9. The van der Waals surface area contributed by atoms with Gasteiger partial charge in [-0.15, -0.1) is 0 Å². The van der Waals surface area contributed by atoms with E-state index in [0.29, 0.717) is 24.7 Å². The molecule has 0 spiro atoms. The summed E-state index contributed by atoms with van der Waals surface area (Å²) in [6.07, 6.45) is 8.32. The van der Waals surface area contributed by atoms with Crippen molar-refractivity contribution in [2.75, 3.05) is 42.2 Å². The molecule has 2 aliphatic heterocycles. The summed E-state index contributed by atoms with van der Waals surface area (Å²) in [6.45, 7) is 4.93. The third-order valence-corrected chi connectivity index (χ3v) is 8.04. The van der Waals surface area contributed by atoms with Crippen LogP contribution in [0.2, 0.25) is 0 Å². The summed E-state index contributed by atoms with van der Waals surface area (Å²) in [4.78, 5) is 17.7. The molecule has 0 saturated carbocycles. The van der Waals surface area contributed by atoms with Gasteiger partial charge in [-0.25, -0.2) is 22.8 Å². The minimum atomic E-state index is -3.45. The number of hydrogen-bond donors (Lipinski definition) is 0. The van der Waals surface area contributed by atoms with Gasteiger partial charge in [0.1, 0.15) is 5.82 Å². The molecule has 2 aromatic heterocycles. The Morgan fingerprint density at radius 1 is 1.06 bits per heavy atom. The van der Waals surface area contributed by atoms with Gasteiger partial charge in [-0.05, 0) is 49.4 Å². The van der Waals surface area contributed by atoms with E-state index in [2.05, 4.69) is 26.9 Å². The summed E-state index contributed by atoms with van der Waals surface area (Å²) in [5.74, 6) is 1.76. The molecule has 35 heavy (non-hydrogen) atoms. The van der Waals surface area contributed by atoms with Crippen molar-refractivity contribution in [2.45, 2.75) is 49.3 Å². The lowest BCUT2D eigenvalue weighted by molar-refractivity contribution is 0.348. The Morgan fingerprint density at radius 3 is 2.40 bits per heavy atom. The number of aromatic nitrogens is 4. The average Bonchev–Trinajstić information content (AvgIpc) is 3.54. The Labute approximate surface area is 204 Å². The number of anilines is 2. The molecule has 0 radical (unpaired) electrons. The molecule has 0 bridgehead atoms. The highest BCUT2D eigenvalue weighted by Gasteiger charge is 2.32. The van der Waals surface area contributed by atoms with Gasteiger partial charge in [0, 0.05) is 50.7 Å². The highest BCUT2D eigenvalue weighted by molar-refractivity contribution is 7.90. The van der Waals surface area contributed by atoms with Gasteiger partial charge in [-0.2, -0.15) is 4.98 Å².